The van der Waals surface area contributed by atoms with Crippen LogP contribution in [0.15, 0.2) is 36.7 Å². The number of aromatic nitrogens is 5. The van der Waals surface area contributed by atoms with Crippen LogP contribution in [0, 0.1) is 0 Å². The Kier molecular flexibility index (Phi) is 3.77. The van der Waals surface area contributed by atoms with Crippen LogP contribution in [0.4, 0.5) is 11.5 Å². The largest absolute Gasteiger partial charge is 0.324 e. The van der Waals surface area contributed by atoms with Crippen LogP contribution in [0.5, 0.6) is 0 Å². The van der Waals surface area contributed by atoms with Gasteiger partial charge < -0.3 is 4.90 Å². The van der Waals surface area contributed by atoms with Crippen LogP contribution in [0.3, 0.4) is 0 Å². The number of hydrogen-bond donors (Lipinski definition) is 0. The first-order valence-electron chi connectivity index (χ1n) is 7.14. The highest BCUT2D eigenvalue weighted by Crippen LogP contribution is 2.28. The monoisotopic (exact) mass is 282 g/mol. The van der Waals surface area contributed by atoms with Gasteiger partial charge in [0.25, 0.3) is 0 Å². The van der Waals surface area contributed by atoms with E-state index in [4.69, 9.17) is 0 Å². The molecule has 0 saturated heterocycles. The Hall–Kier alpha value is -2.50. The van der Waals surface area contributed by atoms with Gasteiger partial charge in [0.15, 0.2) is 17.0 Å². The maximum Gasteiger partial charge on any atom is 0.183 e. The van der Waals surface area contributed by atoms with Crippen LogP contribution < -0.4 is 4.90 Å². The number of benzene rings is 1. The lowest BCUT2D eigenvalue weighted by atomic mass is 10.2. The summed E-state index contributed by atoms with van der Waals surface area (Å²) in [6, 6.07) is 10.2. The second-order valence-electron chi connectivity index (χ2n) is 4.92. The average molecular weight is 282 g/mol. The van der Waals surface area contributed by atoms with Crippen LogP contribution in [0.1, 0.15) is 19.8 Å². The van der Waals surface area contributed by atoms with Gasteiger partial charge >= 0.3 is 0 Å². The second kappa shape index (κ2) is 5.87. The van der Waals surface area contributed by atoms with E-state index < -0.39 is 0 Å². The van der Waals surface area contributed by atoms with Crippen LogP contribution in [0.25, 0.3) is 11.2 Å². The Labute approximate surface area is 123 Å². The van der Waals surface area contributed by atoms with Gasteiger partial charge in [0.1, 0.15) is 6.33 Å². The van der Waals surface area contributed by atoms with Gasteiger partial charge in [0, 0.05) is 19.3 Å². The molecule has 3 aromatic rings. The number of aryl methyl sites for hydroxylation is 1. The normalized spacial score (nSPS) is 11.0. The molecule has 6 nitrogen and oxygen atoms in total. The van der Waals surface area contributed by atoms with Gasteiger partial charge in [-0.3, -0.25) is 0 Å². The van der Waals surface area contributed by atoms with E-state index in [-0.39, 0.29) is 0 Å². The minimum Gasteiger partial charge on any atom is -0.324 e. The van der Waals surface area contributed by atoms with Crippen LogP contribution in [0.2, 0.25) is 0 Å². The summed E-state index contributed by atoms with van der Waals surface area (Å²) in [6.07, 6.45) is 3.78. The molecule has 0 bridgehead atoms. The number of unbranched alkanes of at least 4 members (excludes halogenated alkanes) is 1. The van der Waals surface area contributed by atoms with E-state index in [2.05, 4.69) is 44.2 Å². The summed E-state index contributed by atoms with van der Waals surface area (Å²) in [5.74, 6) is 0.813. The number of fused-ring (bicyclic) bond motifs is 1. The van der Waals surface area contributed by atoms with Crippen molar-refractivity contribution in [2.75, 3.05) is 11.4 Å². The topological polar surface area (TPSA) is 59.7 Å². The highest BCUT2D eigenvalue weighted by Gasteiger charge is 2.17. The first-order valence-corrected chi connectivity index (χ1v) is 7.14. The lowest BCUT2D eigenvalue weighted by Crippen LogP contribution is -2.20. The van der Waals surface area contributed by atoms with Gasteiger partial charge in [0.05, 0.1) is 0 Å². The minimum atomic E-state index is 0.736. The summed E-state index contributed by atoms with van der Waals surface area (Å²) in [4.78, 5) is 10.9. The zero-order chi connectivity index (χ0) is 14.7. The fraction of sp³-hybridized carbons (Fsp3) is 0.333. The summed E-state index contributed by atoms with van der Waals surface area (Å²) < 4.78 is 1.67. The molecular formula is C15H18N6. The van der Waals surface area contributed by atoms with E-state index in [0.29, 0.717) is 0 Å². The molecule has 0 saturated carbocycles. The lowest BCUT2D eigenvalue weighted by Gasteiger charge is -2.23. The summed E-state index contributed by atoms with van der Waals surface area (Å²) in [7, 11) is 1.84. The van der Waals surface area contributed by atoms with Crippen molar-refractivity contribution < 1.29 is 0 Å². The maximum absolute atomic E-state index is 4.45. The molecule has 0 aliphatic heterocycles. The molecule has 2 aromatic heterocycles. The maximum atomic E-state index is 4.45. The standard InChI is InChI=1S/C15H18N6/c1-3-4-10-21(12-8-6-5-7-9-12)15-13-14(16-11-17-15)20(2)19-18-13/h5-9,11H,3-4,10H2,1-2H3. The Morgan fingerprint density at radius 1 is 1.14 bits per heavy atom. The van der Waals surface area contributed by atoms with Gasteiger partial charge in [-0.1, -0.05) is 36.8 Å². The van der Waals surface area contributed by atoms with E-state index in [9.17, 15) is 0 Å². The molecule has 0 aliphatic carbocycles. The molecule has 21 heavy (non-hydrogen) atoms. The molecule has 3 rings (SSSR count). The lowest BCUT2D eigenvalue weighted by molar-refractivity contribution is 0.729. The van der Waals surface area contributed by atoms with Crippen molar-refractivity contribution in [3.8, 4) is 0 Å². The number of rotatable bonds is 5. The summed E-state index contributed by atoms with van der Waals surface area (Å²) in [5, 5.41) is 8.27. The van der Waals surface area contributed by atoms with Gasteiger partial charge in [-0.05, 0) is 18.6 Å². The third-order valence-corrected chi connectivity index (χ3v) is 3.43. The zero-order valence-corrected chi connectivity index (χ0v) is 12.3. The van der Waals surface area contributed by atoms with Crippen molar-refractivity contribution in [1.82, 2.24) is 25.0 Å². The highest BCUT2D eigenvalue weighted by atomic mass is 15.4. The molecular weight excluding hydrogens is 264 g/mol. The summed E-state index contributed by atoms with van der Waals surface area (Å²) in [5.41, 5.74) is 2.59. The SMILES string of the molecule is CCCCN(c1ccccc1)c1ncnc2c1nnn2C. The number of nitrogens with zero attached hydrogens (tertiary/aromatic N) is 6. The third kappa shape index (κ3) is 2.56. The van der Waals surface area contributed by atoms with Crippen molar-refractivity contribution in [2.45, 2.75) is 19.8 Å². The zero-order valence-electron chi connectivity index (χ0n) is 12.3. The van der Waals surface area contributed by atoms with Crippen molar-refractivity contribution in [1.29, 1.82) is 0 Å². The number of hydrogen-bond acceptors (Lipinski definition) is 5. The van der Waals surface area contributed by atoms with Gasteiger partial charge in [-0.25, -0.2) is 14.6 Å². The summed E-state index contributed by atoms with van der Waals surface area (Å²) in [6.45, 7) is 3.07. The molecule has 1 aromatic carbocycles. The predicted octanol–water partition coefficient (Wildman–Crippen LogP) is 2.70. The number of para-hydroxylation sites is 1. The van der Waals surface area contributed by atoms with Gasteiger partial charge in [0.2, 0.25) is 0 Å². The number of anilines is 2. The van der Waals surface area contributed by atoms with Crippen molar-refractivity contribution in [3.63, 3.8) is 0 Å². The second-order valence-corrected chi connectivity index (χ2v) is 4.92. The van der Waals surface area contributed by atoms with E-state index in [1.807, 2.05) is 25.2 Å². The Balaban J connectivity index is 2.10. The van der Waals surface area contributed by atoms with E-state index in [0.717, 1.165) is 42.1 Å². The summed E-state index contributed by atoms with van der Waals surface area (Å²) >= 11 is 0. The molecule has 0 radical (unpaired) electrons. The van der Waals surface area contributed by atoms with Crippen molar-refractivity contribution >= 4 is 22.7 Å². The highest BCUT2D eigenvalue weighted by molar-refractivity contribution is 5.85. The van der Waals surface area contributed by atoms with Crippen molar-refractivity contribution in [3.05, 3.63) is 36.7 Å². The quantitative estimate of drug-likeness (QED) is 0.720. The first-order chi connectivity index (χ1) is 10.3. The Morgan fingerprint density at radius 2 is 1.95 bits per heavy atom. The molecule has 2 heterocycles. The van der Waals surface area contributed by atoms with E-state index >= 15 is 0 Å². The van der Waals surface area contributed by atoms with E-state index in [1.54, 1.807) is 11.0 Å². The average Bonchev–Trinajstić information content (AvgIpc) is 2.91. The predicted molar refractivity (Wildman–Crippen MR) is 82.5 cm³/mol. The van der Waals surface area contributed by atoms with Crippen LogP contribution in [-0.2, 0) is 7.05 Å². The molecule has 0 atom stereocenters. The van der Waals surface area contributed by atoms with Gasteiger partial charge in [-0.2, -0.15) is 0 Å². The van der Waals surface area contributed by atoms with E-state index in [1.165, 1.54) is 0 Å². The fourth-order valence-corrected chi connectivity index (χ4v) is 2.32. The smallest absolute Gasteiger partial charge is 0.183 e. The molecule has 0 fully saturated rings. The first kappa shape index (κ1) is 13.5. The molecule has 108 valence electrons. The van der Waals surface area contributed by atoms with Gasteiger partial charge in [-0.15, -0.1) is 5.10 Å². The molecule has 0 spiro atoms. The minimum absolute atomic E-state index is 0.736. The van der Waals surface area contributed by atoms with Crippen LogP contribution in [-0.4, -0.2) is 31.5 Å². The molecule has 0 amide bonds. The van der Waals surface area contributed by atoms with Crippen LogP contribution >= 0.6 is 0 Å². The Bertz CT molecular complexity index is 721. The third-order valence-electron chi connectivity index (χ3n) is 3.43. The molecule has 6 heteroatoms. The van der Waals surface area contributed by atoms with Crippen molar-refractivity contribution in [2.24, 2.45) is 7.05 Å². The Morgan fingerprint density at radius 3 is 2.71 bits per heavy atom. The molecule has 0 N–H and O–H groups in total. The molecule has 0 unspecified atom stereocenters. The molecule has 0 aliphatic rings. The fourth-order valence-electron chi connectivity index (χ4n) is 2.32.